The first-order chi connectivity index (χ1) is 4.91. The lowest BCUT2D eigenvalue weighted by Gasteiger charge is -2.05. The fraction of sp³-hybridized carbons (Fsp3) is 0.833. The highest BCUT2D eigenvalue weighted by Crippen LogP contribution is 2.03. The molecular weight excluding hydrogens is 168 g/mol. The fourth-order valence-corrected chi connectivity index (χ4v) is 1.84. The van der Waals surface area contributed by atoms with Gasteiger partial charge in [-0.25, -0.2) is 8.42 Å². The quantitative estimate of drug-likeness (QED) is 0.674. The Morgan fingerprint density at radius 3 is 2.27 bits per heavy atom. The number of aliphatic carboxylic acids is 1. The van der Waals surface area contributed by atoms with Crippen molar-refractivity contribution in [3.05, 3.63) is 0 Å². The van der Waals surface area contributed by atoms with Crippen LogP contribution >= 0.6 is 0 Å². The van der Waals surface area contributed by atoms with Crippen molar-refractivity contribution >= 4 is 15.8 Å². The van der Waals surface area contributed by atoms with E-state index >= 15 is 0 Å². The van der Waals surface area contributed by atoms with Crippen molar-refractivity contribution in [1.29, 1.82) is 0 Å². The van der Waals surface area contributed by atoms with Crippen LogP contribution in [0.15, 0.2) is 0 Å². The molecular formula is C6H12O4S. The maximum Gasteiger partial charge on any atom is 0.321 e. The van der Waals surface area contributed by atoms with Gasteiger partial charge in [-0.3, -0.25) is 4.79 Å². The van der Waals surface area contributed by atoms with Gasteiger partial charge in [0.25, 0.3) is 0 Å². The van der Waals surface area contributed by atoms with Gasteiger partial charge < -0.3 is 5.11 Å². The average Bonchev–Trinajstić information content (AvgIpc) is 1.86. The molecule has 0 spiro atoms. The molecule has 0 radical (unpaired) electrons. The van der Waals surface area contributed by atoms with Gasteiger partial charge in [0.1, 0.15) is 0 Å². The minimum atomic E-state index is -3.41. The predicted octanol–water partition coefficient (Wildman–Crippen LogP) is 0.284. The third-order valence-corrected chi connectivity index (χ3v) is 3.63. The second kappa shape index (κ2) is 3.71. The van der Waals surface area contributed by atoms with Crippen molar-refractivity contribution < 1.29 is 18.3 Å². The third kappa shape index (κ3) is 2.88. The summed E-state index contributed by atoms with van der Waals surface area (Å²) in [6.45, 7) is 2.89. The lowest BCUT2D eigenvalue weighted by Crippen LogP contribution is -2.28. The van der Waals surface area contributed by atoms with Crippen molar-refractivity contribution in [2.24, 2.45) is 0 Å². The number of rotatable bonds is 4. The Labute approximate surface area is 66.1 Å². The van der Waals surface area contributed by atoms with Crippen molar-refractivity contribution in [2.75, 3.05) is 5.75 Å². The Kier molecular flexibility index (Phi) is 3.51. The zero-order valence-electron chi connectivity index (χ0n) is 6.57. The van der Waals surface area contributed by atoms with Crippen LogP contribution in [0.5, 0.6) is 0 Å². The van der Waals surface area contributed by atoms with Crippen LogP contribution in [0, 0.1) is 0 Å². The molecule has 11 heavy (non-hydrogen) atoms. The van der Waals surface area contributed by atoms with E-state index in [0.717, 1.165) is 0 Å². The molecule has 0 aliphatic rings. The fourth-order valence-electron chi connectivity index (χ4n) is 0.615. The van der Waals surface area contributed by atoms with E-state index < -0.39 is 21.1 Å². The Hall–Kier alpha value is -0.580. The van der Waals surface area contributed by atoms with E-state index in [-0.39, 0.29) is 5.75 Å². The molecule has 0 aliphatic heterocycles. The molecule has 0 bridgehead atoms. The van der Waals surface area contributed by atoms with E-state index in [1.165, 1.54) is 6.92 Å². The normalized spacial score (nSPS) is 14.4. The molecule has 0 aliphatic carbocycles. The second-order valence-electron chi connectivity index (χ2n) is 2.35. The SMILES string of the molecule is CCCS(=O)(=O)[C@H](C)C(=O)O. The van der Waals surface area contributed by atoms with Gasteiger partial charge in [-0.2, -0.15) is 0 Å². The zero-order chi connectivity index (χ0) is 9.07. The van der Waals surface area contributed by atoms with Crippen molar-refractivity contribution in [3.63, 3.8) is 0 Å². The standard InChI is InChI=1S/C6H12O4S/c1-3-4-11(9,10)5(2)6(7)8/h5H,3-4H2,1-2H3,(H,7,8)/t5-/m1/s1. The van der Waals surface area contributed by atoms with Gasteiger partial charge >= 0.3 is 5.97 Å². The van der Waals surface area contributed by atoms with Crippen LogP contribution in [0.2, 0.25) is 0 Å². The van der Waals surface area contributed by atoms with Crippen molar-refractivity contribution in [3.8, 4) is 0 Å². The second-order valence-corrected chi connectivity index (χ2v) is 4.79. The minimum Gasteiger partial charge on any atom is -0.480 e. The van der Waals surface area contributed by atoms with Crippen LogP contribution in [-0.4, -0.2) is 30.5 Å². The van der Waals surface area contributed by atoms with Crippen LogP contribution < -0.4 is 0 Å². The van der Waals surface area contributed by atoms with E-state index in [4.69, 9.17) is 5.11 Å². The first-order valence-electron chi connectivity index (χ1n) is 3.36. The first kappa shape index (κ1) is 10.4. The smallest absolute Gasteiger partial charge is 0.321 e. The minimum absolute atomic E-state index is 0.0551. The summed E-state index contributed by atoms with van der Waals surface area (Å²) in [5.74, 6) is -1.33. The van der Waals surface area contributed by atoms with E-state index in [9.17, 15) is 13.2 Å². The van der Waals surface area contributed by atoms with E-state index in [1.54, 1.807) is 6.92 Å². The molecule has 0 amide bonds. The monoisotopic (exact) mass is 180 g/mol. The summed E-state index contributed by atoms with van der Waals surface area (Å²) in [6, 6.07) is 0. The number of hydrogen-bond donors (Lipinski definition) is 1. The van der Waals surface area contributed by atoms with Gasteiger partial charge in [0.15, 0.2) is 15.1 Å². The molecule has 1 atom stereocenters. The molecule has 0 heterocycles. The summed E-state index contributed by atoms with van der Waals surface area (Å²) in [7, 11) is -3.41. The molecule has 0 saturated heterocycles. The number of carboxylic acid groups (broad SMARTS) is 1. The largest absolute Gasteiger partial charge is 0.480 e. The van der Waals surface area contributed by atoms with Gasteiger partial charge in [-0.1, -0.05) is 6.92 Å². The topological polar surface area (TPSA) is 71.4 Å². The molecule has 0 rings (SSSR count). The summed E-state index contributed by atoms with van der Waals surface area (Å²) in [5.41, 5.74) is 0. The lowest BCUT2D eigenvalue weighted by atomic mass is 10.5. The van der Waals surface area contributed by atoms with Crippen LogP contribution in [0.3, 0.4) is 0 Å². The number of hydrogen-bond acceptors (Lipinski definition) is 3. The van der Waals surface area contributed by atoms with Crippen molar-refractivity contribution in [1.82, 2.24) is 0 Å². The summed E-state index contributed by atoms with van der Waals surface area (Å²) in [6.07, 6.45) is 0.458. The average molecular weight is 180 g/mol. The Balaban J connectivity index is 4.44. The molecule has 4 nitrogen and oxygen atoms in total. The number of carboxylic acids is 1. The molecule has 0 fully saturated rings. The molecule has 0 saturated carbocycles. The summed E-state index contributed by atoms with van der Waals surface area (Å²) < 4.78 is 22.0. The number of sulfone groups is 1. The molecule has 5 heteroatoms. The highest BCUT2D eigenvalue weighted by atomic mass is 32.2. The Morgan fingerprint density at radius 2 is 2.00 bits per heavy atom. The first-order valence-corrected chi connectivity index (χ1v) is 5.07. The highest BCUT2D eigenvalue weighted by Gasteiger charge is 2.26. The Morgan fingerprint density at radius 1 is 1.55 bits per heavy atom. The number of carbonyl (C=O) groups is 1. The molecule has 0 unspecified atom stereocenters. The van der Waals surface area contributed by atoms with Crippen LogP contribution in [0.25, 0.3) is 0 Å². The molecule has 0 aromatic carbocycles. The van der Waals surface area contributed by atoms with Crippen LogP contribution in [0.4, 0.5) is 0 Å². The van der Waals surface area contributed by atoms with Gasteiger partial charge in [-0.15, -0.1) is 0 Å². The summed E-state index contributed by atoms with van der Waals surface area (Å²) in [5, 5.41) is 7.09. The third-order valence-electron chi connectivity index (χ3n) is 1.38. The molecule has 1 N–H and O–H groups in total. The zero-order valence-corrected chi connectivity index (χ0v) is 7.39. The summed E-state index contributed by atoms with van der Waals surface area (Å²) >= 11 is 0. The highest BCUT2D eigenvalue weighted by molar-refractivity contribution is 7.92. The van der Waals surface area contributed by atoms with Crippen LogP contribution in [0.1, 0.15) is 20.3 Å². The van der Waals surface area contributed by atoms with Gasteiger partial charge in [0.2, 0.25) is 0 Å². The van der Waals surface area contributed by atoms with E-state index in [0.29, 0.717) is 6.42 Å². The van der Waals surface area contributed by atoms with Crippen molar-refractivity contribution in [2.45, 2.75) is 25.5 Å². The molecule has 66 valence electrons. The van der Waals surface area contributed by atoms with E-state index in [1.807, 2.05) is 0 Å². The Bertz CT molecular complexity index is 229. The van der Waals surface area contributed by atoms with Gasteiger partial charge in [0, 0.05) is 0 Å². The van der Waals surface area contributed by atoms with Crippen LogP contribution in [-0.2, 0) is 14.6 Å². The maximum absolute atomic E-state index is 11.0. The molecule has 0 aromatic heterocycles. The van der Waals surface area contributed by atoms with Gasteiger partial charge in [0.05, 0.1) is 5.75 Å². The van der Waals surface area contributed by atoms with Gasteiger partial charge in [-0.05, 0) is 13.3 Å². The maximum atomic E-state index is 11.0. The van der Waals surface area contributed by atoms with E-state index in [2.05, 4.69) is 0 Å². The lowest BCUT2D eigenvalue weighted by molar-refractivity contribution is -0.136. The summed E-state index contributed by atoms with van der Waals surface area (Å²) in [4.78, 5) is 10.2. The molecule has 0 aromatic rings. The predicted molar refractivity (Wildman–Crippen MR) is 41.2 cm³/mol.